The second kappa shape index (κ2) is 11.4. The summed E-state index contributed by atoms with van der Waals surface area (Å²) < 4.78 is 5.06. The Morgan fingerprint density at radius 3 is 2.40 bits per heavy atom. The topological polar surface area (TPSA) is 96.5 Å². The zero-order valence-electron chi connectivity index (χ0n) is 14.8. The SMILES string of the molecule is CCNC(=O)CNC(=O)[C@@H](CCSC)NC(=O)c1ccc(OC)cc1. The minimum Gasteiger partial charge on any atom is -0.497 e. The van der Waals surface area contributed by atoms with Crippen molar-refractivity contribution in [1.29, 1.82) is 0 Å². The number of rotatable bonds is 10. The number of hydrogen-bond acceptors (Lipinski definition) is 5. The largest absolute Gasteiger partial charge is 0.497 e. The van der Waals surface area contributed by atoms with Gasteiger partial charge in [-0.3, -0.25) is 14.4 Å². The number of nitrogens with one attached hydrogen (secondary N) is 3. The molecular weight excluding hydrogens is 342 g/mol. The highest BCUT2D eigenvalue weighted by molar-refractivity contribution is 7.98. The van der Waals surface area contributed by atoms with Crippen LogP contribution in [0, 0.1) is 0 Å². The normalized spacial score (nSPS) is 11.3. The fraction of sp³-hybridized carbons (Fsp3) is 0.471. The van der Waals surface area contributed by atoms with Crippen molar-refractivity contribution in [2.24, 2.45) is 0 Å². The number of ether oxygens (including phenoxy) is 1. The lowest BCUT2D eigenvalue weighted by Gasteiger charge is -2.18. The molecule has 0 aliphatic heterocycles. The fourth-order valence-electron chi connectivity index (χ4n) is 2.04. The Morgan fingerprint density at radius 1 is 1.16 bits per heavy atom. The standard InChI is InChI=1S/C17H25N3O4S/c1-4-18-15(21)11-19-17(23)14(9-10-25-3)20-16(22)12-5-7-13(24-2)8-6-12/h5-8,14H,4,9-11H2,1-3H3,(H,18,21)(H,19,23)(H,20,22)/t14-/m1/s1. The van der Waals surface area contributed by atoms with Gasteiger partial charge in [0.05, 0.1) is 13.7 Å². The van der Waals surface area contributed by atoms with Crippen LogP contribution in [0.25, 0.3) is 0 Å². The molecule has 0 aliphatic rings. The van der Waals surface area contributed by atoms with Crippen molar-refractivity contribution in [3.63, 3.8) is 0 Å². The smallest absolute Gasteiger partial charge is 0.251 e. The van der Waals surface area contributed by atoms with Crippen molar-refractivity contribution >= 4 is 29.5 Å². The molecule has 0 aromatic heterocycles. The van der Waals surface area contributed by atoms with Gasteiger partial charge in [-0.1, -0.05) is 0 Å². The van der Waals surface area contributed by atoms with Gasteiger partial charge in [-0.15, -0.1) is 0 Å². The Bertz CT molecular complexity index is 578. The van der Waals surface area contributed by atoms with Gasteiger partial charge in [0.1, 0.15) is 11.8 Å². The second-order valence-corrected chi connectivity index (χ2v) is 6.19. The number of amides is 3. The van der Waals surface area contributed by atoms with Gasteiger partial charge in [-0.2, -0.15) is 11.8 Å². The molecule has 0 spiro atoms. The van der Waals surface area contributed by atoms with Crippen LogP contribution < -0.4 is 20.7 Å². The monoisotopic (exact) mass is 367 g/mol. The summed E-state index contributed by atoms with van der Waals surface area (Å²) in [5.74, 6) is 0.377. The zero-order valence-corrected chi connectivity index (χ0v) is 15.6. The molecule has 0 aliphatic carbocycles. The van der Waals surface area contributed by atoms with E-state index in [4.69, 9.17) is 4.74 Å². The predicted molar refractivity (Wildman–Crippen MR) is 98.9 cm³/mol. The van der Waals surface area contributed by atoms with Gasteiger partial charge in [-0.25, -0.2) is 0 Å². The molecule has 0 unspecified atom stereocenters. The molecule has 0 saturated carbocycles. The lowest BCUT2D eigenvalue weighted by molar-refractivity contribution is -0.127. The van der Waals surface area contributed by atoms with E-state index in [1.165, 1.54) is 0 Å². The summed E-state index contributed by atoms with van der Waals surface area (Å²) in [6, 6.07) is 5.93. The molecule has 25 heavy (non-hydrogen) atoms. The van der Waals surface area contributed by atoms with Crippen molar-refractivity contribution in [3.8, 4) is 5.75 Å². The number of thioether (sulfide) groups is 1. The van der Waals surface area contributed by atoms with Crippen molar-refractivity contribution in [3.05, 3.63) is 29.8 Å². The van der Waals surface area contributed by atoms with Crippen LogP contribution in [-0.4, -0.2) is 56.0 Å². The van der Waals surface area contributed by atoms with Crippen LogP contribution in [-0.2, 0) is 9.59 Å². The molecule has 0 saturated heterocycles. The maximum atomic E-state index is 12.3. The summed E-state index contributed by atoms with van der Waals surface area (Å²) in [6.07, 6.45) is 2.40. The number of carbonyl (C=O) groups is 3. The highest BCUT2D eigenvalue weighted by Gasteiger charge is 2.21. The van der Waals surface area contributed by atoms with Gasteiger partial charge in [0.25, 0.3) is 5.91 Å². The lowest BCUT2D eigenvalue weighted by atomic mass is 10.1. The summed E-state index contributed by atoms with van der Waals surface area (Å²) >= 11 is 1.58. The quantitative estimate of drug-likeness (QED) is 0.568. The summed E-state index contributed by atoms with van der Waals surface area (Å²) in [5.41, 5.74) is 0.437. The summed E-state index contributed by atoms with van der Waals surface area (Å²) in [5, 5.41) is 7.88. The van der Waals surface area contributed by atoms with Crippen LogP contribution >= 0.6 is 11.8 Å². The summed E-state index contributed by atoms with van der Waals surface area (Å²) in [7, 11) is 1.55. The van der Waals surface area contributed by atoms with E-state index in [1.807, 2.05) is 6.26 Å². The third-order valence-electron chi connectivity index (χ3n) is 3.38. The Morgan fingerprint density at radius 2 is 1.84 bits per heavy atom. The number of methoxy groups -OCH3 is 1. The molecule has 3 amide bonds. The summed E-state index contributed by atoms with van der Waals surface area (Å²) in [6.45, 7) is 2.19. The first kappa shape index (κ1) is 20.8. The van der Waals surface area contributed by atoms with E-state index in [1.54, 1.807) is 50.1 Å². The highest BCUT2D eigenvalue weighted by Crippen LogP contribution is 2.11. The average molecular weight is 367 g/mol. The van der Waals surface area contributed by atoms with Gasteiger partial charge in [-0.05, 0) is 49.6 Å². The Balaban J connectivity index is 2.68. The minimum absolute atomic E-state index is 0.110. The fourth-order valence-corrected chi connectivity index (χ4v) is 2.51. The molecule has 138 valence electrons. The molecule has 1 rings (SSSR count). The van der Waals surface area contributed by atoms with Gasteiger partial charge in [0.15, 0.2) is 0 Å². The van der Waals surface area contributed by atoms with Gasteiger partial charge in [0, 0.05) is 12.1 Å². The van der Waals surface area contributed by atoms with E-state index < -0.39 is 6.04 Å². The van der Waals surface area contributed by atoms with Gasteiger partial charge < -0.3 is 20.7 Å². The average Bonchev–Trinajstić information content (AvgIpc) is 2.63. The molecule has 0 bridgehead atoms. The molecule has 3 N–H and O–H groups in total. The van der Waals surface area contributed by atoms with Gasteiger partial charge in [0.2, 0.25) is 11.8 Å². The minimum atomic E-state index is -0.698. The number of carbonyl (C=O) groups excluding carboxylic acids is 3. The van der Waals surface area contributed by atoms with Crippen LogP contribution in [0.15, 0.2) is 24.3 Å². The Kier molecular flexibility index (Phi) is 9.46. The Labute approximate surface area is 152 Å². The first-order chi connectivity index (χ1) is 12.0. The maximum absolute atomic E-state index is 12.3. The predicted octanol–water partition coefficient (Wildman–Crippen LogP) is 0.799. The van der Waals surface area contributed by atoms with E-state index in [0.717, 1.165) is 0 Å². The molecule has 0 fully saturated rings. The molecular formula is C17H25N3O4S. The van der Waals surface area contributed by atoms with E-state index >= 15 is 0 Å². The van der Waals surface area contributed by atoms with Crippen LogP contribution in [0.4, 0.5) is 0 Å². The highest BCUT2D eigenvalue weighted by atomic mass is 32.2. The third-order valence-corrected chi connectivity index (χ3v) is 4.03. The summed E-state index contributed by atoms with van der Waals surface area (Å²) in [4.78, 5) is 36.1. The number of likely N-dealkylation sites (N-methyl/N-ethyl adjacent to an activating group) is 1. The van der Waals surface area contributed by atoms with E-state index in [0.29, 0.717) is 30.0 Å². The number of hydrogen-bond donors (Lipinski definition) is 3. The van der Waals surface area contributed by atoms with Crippen LogP contribution in [0.3, 0.4) is 0 Å². The van der Waals surface area contributed by atoms with E-state index in [-0.39, 0.29) is 24.3 Å². The van der Waals surface area contributed by atoms with Crippen LogP contribution in [0.2, 0.25) is 0 Å². The molecule has 8 heteroatoms. The molecule has 0 heterocycles. The van der Waals surface area contributed by atoms with Crippen molar-refractivity contribution in [2.45, 2.75) is 19.4 Å². The number of benzene rings is 1. The van der Waals surface area contributed by atoms with Crippen LogP contribution in [0.5, 0.6) is 5.75 Å². The third kappa shape index (κ3) is 7.47. The van der Waals surface area contributed by atoms with Crippen molar-refractivity contribution in [1.82, 2.24) is 16.0 Å². The van der Waals surface area contributed by atoms with Crippen LogP contribution in [0.1, 0.15) is 23.7 Å². The van der Waals surface area contributed by atoms with Crippen molar-refractivity contribution in [2.75, 3.05) is 32.2 Å². The second-order valence-electron chi connectivity index (χ2n) is 5.21. The molecule has 1 aromatic carbocycles. The van der Waals surface area contributed by atoms with Crippen molar-refractivity contribution < 1.29 is 19.1 Å². The Hall–Kier alpha value is -2.22. The molecule has 0 radical (unpaired) electrons. The first-order valence-corrected chi connectivity index (χ1v) is 9.39. The zero-order chi connectivity index (χ0) is 18.7. The van der Waals surface area contributed by atoms with E-state index in [2.05, 4.69) is 16.0 Å². The van der Waals surface area contributed by atoms with Gasteiger partial charge >= 0.3 is 0 Å². The lowest BCUT2D eigenvalue weighted by Crippen LogP contribution is -2.49. The molecule has 1 atom stereocenters. The van der Waals surface area contributed by atoms with E-state index in [9.17, 15) is 14.4 Å². The molecule has 7 nitrogen and oxygen atoms in total. The molecule has 1 aromatic rings. The maximum Gasteiger partial charge on any atom is 0.251 e. The first-order valence-electron chi connectivity index (χ1n) is 8.00.